The molecule has 2 N–H and O–H groups in total. The molecular formula is C17H15N3O7. The van der Waals surface area contributed by atoms with Crippen molar-refractivity contribution >= 4 is 17.8 Å². The van der Waals surface area contributed by atoms with E-state index < -0.39 is 16.4 Å². The number of phenolic OH excluding ortho intramolecular Hbond substituents is 1. The Labute approximate surface area is 153 Å². The summed E-state index contributed by atoms with van der Waals surface area (Å²) in [5, 5.41) is 24.5. The number of hydrogen-bond acceptors (Lipinski definition) is 8. The number of hydrogen-bond donors (Lipinski definition) is 2. The highest BCUT2D eigenvalue weighted by molar-refractivity contribution is 5.85. The maximum atomic E-state index is 12.0. The topological polar surface area (TPSA) is 133 Å². The highest BCUT2D eigenvalue weighted by atomic mass is 16.7. The van der Waals surface area contributed by atoms with Crippen molar-refractivity contribution in [2.24, 2.45) is 5.10 Å². The number of benzene rings is 2. The predicted octanol–water partition coefficient (Wildman–Crippen LogP) is 1.73. The second-order valence-corrected chi connectivity index (χ2v) is 5.51. The minimum Gasteiger partial charge on any atom is -0.500 e. The van der Waals surface area contributed by atoms with Crippen LogP contribution in [0.25, 0.3) is 0 Å². The van der Waals surface area contributed by atoms with Gasteiger partial charge in [-0.05, 0) is 23.8 Å². The Hall–Kier alpha value is -3.82. The van der Waals surface area contributed by atoms with Gasteiger partial charge in [-0.15, -0.1) is 0 Å². The molecule has 0 bridgehead atoms. The fraction of sp³-hybridized carbons (Fsp3) is 0.176. The maximum Gasteiger partial charge on any atom is 0.315 e. The number of carbonyl (C=O) groups excluding carboxylic acids is 1. The normalized spacial score (nSPS) is 12.2. The molecule has 3 rings (SSSR count). The average Bonchev–Trinajstić information content (AvgIpc) is 3.10. The number of aromatic hydroxyl groups is 1. The van der Waals surface area contributed by atoms with Crippen LogP contribution in [0.2, 0.25) is 0 Å². The molecule has 2 aromatic carbocycles. The summed E-state index contributed by atoms with van der Waals surface area (Å²) < 4.78 is 15.3. The van der Waals surface area contributed by atoms with Gasteiger partial charge in [0.2, 0.25) is 18.4 Å². The molecule has 10 nitrogen and oxygen atoms in total. The summed E-state index contributed by atoms with van der Waals surface area (Å²) in [6, 6.07) is 7.64. The van der Waals surface area contributed by atoms with E-state index in [4.69, 9.17) is 14.2 Å². The minimum absolute atomic E-state index is 0.0625. The zero-order valence-corrected chi connectivity index (χ0v) is 14.2. The number of phenols is 1. The van der Waals surface area contributed by atoms with Crippen LogP contribution in [0.3, 0.4) is 0 Å². The van der Waals surface area contributed by atoms with Gasteiger partial charge in [-0.2, -0.15) is 5.10 Å². The monoisotopic (exact) mass is 373 g/mol. The number of nitrogens with zero attached hydrogens (tertiary/aromatic N) is 2. The molecule has 1 aliphatic rings. The maximum absolute atomic E-state index is 12.0. The van der Waals surface area contributed by atoms with Gasteiger partial charge in [-0.1, -0.05) is 6.07 Å². The fourth-order valence-corrected chi connectivity index (χ4v) is 2.44. The summed E-state index contributed by atoms with van der Waals surface area (Å²) in [6.07, 6.45) is 1.28. The number of fused-ring (bicyclic) bond motifs is 1. The zero-order valence-electron chi connectivity index (χ0n) is 14.2. The van der Waals surface area contributed by atoms with Crippen molar-refractivity contribution in [2.75, 3.05) is 13.9 Å². The summed E-state index contributed by atoms with van der Waals surface area (Å²) in [4.78, 5) is 22.2. The third-order valence-electron chi connectivity index (χ3n) is 3.70. The molecule has 0 unspecified atom stereocenters. The molecule has 27 heavy (non-hydrogen) atoms. The Morgan fingerprint density at radius 1 is 1.37 bits per heavy atom. The van der Waals surface area contributed by atoms with Gasteiger partial charge in [-0.25, -0.2) is 5.43 Å². The van der Waals surface area contributed by atoms with E-state index in [-0.39, 0.29) is 30.4 Å². The second-order valence-electron chi connectivity index (χ2n) is 5.51. The highest BCUT2D eigenvalue weighted by Gasteiger charge is 2.19. The number of carbonyl (C=O) groups is 1. The molecule has 140 valence electrons. The van der Waals surface area contributed by atoms with Gasteiger partial charge in [0.1, 0.15) is 0 Å². The molecule has 10 heteroatoms. The van der Waals surface area contributed by atoms with Gasteiger partial charge in [0.05, 0.1) is 24.7 Å². The first-order valence-electron chi connectivity index (χ1n) is 7.73. The van der Waals surface area contributed by atoms with E-state index in [0.29, 0.717) is 17.1 Å². The van der Waals surface area contributed by atoms with Crippen LogP contribution in [-0.4, -0.2) is 36.1 Å². The number of nitro benzene ring substituents is 1. The van der Waals surface area contributed by atoms with Gasteiger partial charge >= 0.3 is 5.69 Å². The highest BCUT2D eigenvalue weighted by Crippen LogP contribution is 2.36. The van der Waals surface area contributed by atoms with E-state index >= 15 is 0 Å². The molecule has 0 aromatic heterocycles. The van der Waals surface area contributed by atoms with Gasteiger partial charge in [-0.3, -0.25) is 14.9 Å². The quantitative estimate of drug-likeness (QED) is 0.447. The van der Waals surface area contributed by atoms with Crippen LogP contribution in [0.5, 0.6) is 23.0 Å². The number of ether oxygens (including phenoxy) is 3. The molecule has 0 fully saturated rings. The van der Waals surface area contributed by atoms with Crippen LogP contribution in [0.1, 0.15) is 11.1 Å². The standard InChI is InChI=1S/C17H15N3O7/c1-25-15-6-11(4-12(17(15)22)20(23)24)8-18-19-16(21)7-10-2-3-13-14(5-10)27-9-26-13/h2-6,8,22H,7,9H2,1H3,(H,19,21)/b18-8-. The summed E-state index contributed by atoms with van der Waals surface area (Å²) in [5.74, 6) is 0.168. The Balaban J connectivity index is 1.65. The van der Waals surface area contributed by atoms with Gasteiger partial charge < -0.3 is 19.3 Å². The van der Waals surface area contributed by atoms with Crippen molar-refractivity contribution < 1.29 is 29.0 Å². The van der Waals surface area contributed by atoms with Crippen LogP contribution < -0.4 is 19.6 Å². The van der Waals surface area contributed by atoms with Crippen molar-refractivity contribution in [2.45, 2.75) is 6.42 Å². The van der Waals surface area contributed by atoms with E-state index in [2.05, 4.69) is 10.5 Å². The first kappa shape index (κ1) is 18.0. The third kappa shape index (κ3) is 4.06. The van der Waals surface area contributed by atoms with Crippen LogP contribution in [-0.2, 0) is 11.2 Å². The van der Waals surface area contributed by atoms with Crippen molar-refractivity contribution in [1.82, 2.24) is 5.43 Å². The third-order valence-corrected chi connectivity index (χ3v) is 3.70. The molecule has 1 amide bonds. The van der Waals surface area contributed by atoms with E-state index in [0.717, 1.165) is 6.07 Å². The lowest BCUT2D eigenvalue weighted by atomic mass is 10.1. The smallest absolute Gasteiger partial charge is 0.315 e. The molecule has 0 radical (unpaired) electrons. The average molecular weight is 373 g/mol. The van der Waals surface area contributed by atoms with Gasteiger partial charge in [0, 0.05) is 11.6 Å². The SMILES string of the molecule is COc1cc(/C=N\NC(=O)Cc2ccc3c(c2)OCO3)cc([N+](=O)[O-])c1O. The first-order chi connectivity index (χ1) is 13.0. The molecule has 0 saturated heterocycles. The Kier molecular flexibility index (Phi) is 5.06. The molecule has 0 saturated carbocycles. The molecular weight excluding hydrogens is 358 g/mol. The van der Waals surface area contributed by atoms with Crippen LogP contribution in [0, 0.1) is 10.1 Å². The molecule has 1 aliphatic heterocycles. The Bertz CT molecular complexity index is 927. The van der Waals surface area contributed by atoms with E-state index in [1.54, 1.807) is 18.2 Å². The van der Waals surface area contributed by atoms with Crippen LogP contribution in [0.15, 0.2) is 35.4 Å². The first-order valence-corrected chi connectivity index (χ1v) is 7.73. The number of amides is 1. The number of methoxy groups -OCH3 is 1. The summed E-state index contributed by atoms with van der Waals surface area (Å²) in [6.45, 7) is 0.150. The molecule has 0 aliphatic carbocycles. The van der Waals surface area contributed by atoms with Crippen molar-refractivity contribution in [1.29, 1.82) is 0 Å². The van der Waals surface area contributed by atoms with Gasteiger partial charge in [0.25, 0.3) is 0 Å². The largest absolute Gasteiger partial charge is 0.500 e. The number of rotatable bonds is 6. The second kappa shape index (κ2) is 7.60. The number of nitrogens with one attached hydrogen (secondary N) is 1. The lowest BCUT2D eigenvalue weighted by Crippen LogP contribution is -2.19. The zero-order chi connectivity index (χ0) is 19.4. The van der Waals surface area contributed by atoms with Crippen molar-refractivity contribution in [3.05, 3.63) is 51.6 Å². The predicted molar refractivity (Wildman–Crippen MR) is 93.3 cm³/mol. The molecule has 1 heterocycles. The summed E-state index contributed by atoms with van der Waals surface area (Å²) in [7, 11) is 1.27. The van der Waals surface area contributed by atoms with E-state index in [1.165, 1.54) is 19.4 Å². The Morgan fingerprint density at radius 2 is 2.15 bits per heavy atom. The Morgan fingerprint density at radius 3 is 2.89 bits per heavy atom. The van der Waals surface area contributed by atoms with Crippen LogP contribution in [0.4, 0.5) is 5.69 Å². The van der Waals surface area contributed by atoms with Crippen molar-refractivity contribution in [3.8, 4) is 23.0 Å². The van der Waals surface area contributed by atoms with Gasteiger partial charge in [0.15, 0.2) is 17.2 Å². The fourth-order valence-electron chi connectivity index (χ4n) is 2.44. The summed E-state index contributed by atoms with van der Waals surface area (Å²) >= 11 is 0. The van der Waals surface area contributed by atoms with E-state index in [1.807, 2.05) is 0 Å². The molecule has 0 atom stereocenters. The molecule has 0 spiro atoms. The molecule has 2 aromatic rings. The lowest BCUT2D eigenvalue weighted by molar-refractivity contribution is -0.386. The number of hydrazone groups is 1. The van der Waals surface area contributed by atoms with Crippen LogP contribution >= 0.6 is 0 Å². The van der Waals surface area contributed by atoms with E-state index in [9.17, 15) is 20.0 Å². The minimum atomic E-state index is -0.743. The lowest BCUT2D eigenvalue weighted by Gasteiger charge is -2.05. The number of nitro groups is 1. The summed E-state index contributed by atoms with van der Waals surface area (Å²) in [5.41, 5.74) is 2.80. The van der Waals surface area contributed by atoms with Crippen molar-refractivity contribution in [3.63, 3.8) is 0 Å².